The van der Waals surface area contributed by atoms with Gasteiger partial charge in [-0.3, -0.25) is 4.79 Å². The van der Waals surface area contributed by atoms with E-state index in [2.05, 4.69) is 21.2 Å². The maximum Gasteiger partial charge on any atom is 0.262 e. The van der Waals surface area contributed by atoms with E-state index in [4.69, 9.17) is 4.74 Å². The lowest BCUT2D eigenvalue weighted by Crippen LogP contribution is -2.21. The van der Waals surface area contributed by atoms with Crippen LogP contribution in [0.1, 0.15) is 0 Å². The molecule has 0 aliphatic rings. The van der Waals surface area contributed by atoms with Crippen LogP contribution in [0, 0.1) is 11.6 Å². The minimum Gasteiger partial charge on any atom is -0.483 e. The van der Waals surface area contributed by atoms with Crippen molar-refractivity contribution in [3.05, 3.63) is 70.7 Å². The molecule has 6 heteroatoms. The Kier molecular flexibility index (Phi) is 4.76. The predicted molar refractivity (Wildman–Crippen MR) is 92.1 cm³/mol. The zero-order valence-electron chi connectivity index (χ0n) is 12.4. The topological polar surface area (TPSA) is 38.3 Å². The van der Waals surface area contributed by atoms with Gasteiger partial charge in [0.25, 0.3) is 5.91 Å². The Bertz CT molecular complexity index is 915. The molecule has 122 valence electrons. The van der Waals surface area contributed by atoms with Gasteiger partial charge in [-0.05, 0) is 44.9 Å². The van der Waals surface area contributed by atoms with Gasteiger partial charge in [0.05, 0.1) is 10.2 Å². The zero-order valence-corrected chi connectivity index (χ0v) is 13.9. The van der Waals surface area contributed by atoms with Crippen LogP contribution in [0.3, 0.4) is 0 Å². The molecular formula is C18H12BrF2NO2. The van der Waals surface area contributed by atoms with E-state index >= 15 is 0 Å². The summed E-state index contributed by atoms with van der Waals surface area (Å²) in [6, 6.07) is 14.2. The highest BCUT2D eigenvalue weighted by atomic mass is 79.9. The molecule has 0 radical (unpaired) electrons. The lowest BCUT2D eigenvalue weighted by molar-refractivity contribution is -0.118. The Morgan fingerprint density at radius 1 is 1.08 bits per heavy atom. The number of halogens is 3. The standard InChI is InChI=1S/C18H12BrF2NO2/c19-18-13-4-2-1-3-11(13)5-8-16(18)24-10-17(23)22-15-9-12(20)6-7-14(15)21/h1-9H,10H2,(H,22,23). The molecule has 0 aliphatic carbocycles. The fourth-order valence-electron chi connectivity index (χ4n) is 2.25. The van der Waals surface area contributed by atoms with Crippen LogP contribution in [0.5, 0.6) is 5.75 Å². The number of rotatable bonds is 4. The smallest absolute Gasteiger partial charge is 0.262 e. The summed E-state index contributed by atoms with van der Waals surface area (Å²) in [5, 5.41) is 4.26. The average Bonchev–Trinajstić information content (AvgIpc) is 2.58. The van der Waals surface area contributed by atoms with Crippen LogP contribution in [0.2, 0.25) is 0 Å². The fourth-order valence-corrected chi connectivity index (χ4v) is 2.86. The lowest BCUT2D eigenvalue weighted by atomic mass is 10.1. The molecule has 0 atom stereocenters. The Balaban J connectivity index is 1.70. The van der Waals surface area contributed by atoms with Crippen molar-refractivity contribution in [1.82, 2.24) is 0 Å². The van der Waals surface area contributed by atoms with Gasteiger partial charge in [-0.1, -0.05) is 30.3 Å². The van der Waals surface area contributed by atoms with Crippen molar-refractivity contribution in [2.24, 2.45) is 0 Å². The maximum atomic E-state index is 13.5. The van der Waals surface area contributed by atoms with Crippen LogP contribution in [0.25, 0.3) is 10.8 Å². The summed E-state index contributed by atoms with van der Waals surface area (Å²) >= 11 is 3.45. The Morgan fingerprint density at radius 2 is 1.88 bits per heavy atom. The van der Waals surface area contributed by atoms with Gasteiger partial charge in [-0.2, -0.15) is 0 Å². The summed E-state index contributed by atoms with van der Waals surface area (Å²) in [5.41, 5.74) is -0.221. The summed E-state index contributed by atoms with van der Waals surface area (Å²) in [6.07, 6.45) is 0. The van der Waals surface area contributed by atoms with Crippen molar-refractivity contribution < 1.29 is 18.3 Å². The number of hydrogen-bond acceptors (Lipinski definition) is 2. The van der Waals surface area contributed by atoms with Gasteiger partial charge in [-0.15, -0.1) is 0 Å². The molecule has 3 aromatic carbocycles. The first-order valence-electron chi connectivity index (χ1n) is 7.09. The van der Waals surface area contributed by atoms with Crippen molar-refractivity contribution in [1.29, 1.82) is 0 Å². The number of amides is 1. The summed E-state index contributed by atoms with van der Waals surface area (Å²) in [7, 11) is 0. The van der Waals surface area contributed by atoms with E-state index in [0.717, 1.165) is 33.4 Å². The molecule has 24 heavy (non-hydrogen) atoms. The molecule has 0 aromatic heterocycles. The van der Waals surface area contributed by atoms with Gasteiger partial charge in [0.2, 0.25) is 0 Å². The normalized spacial score (nSPS) is 10.6. The van der Waals surface area contributed by atoms with Crippen molar-refractivity contribution >= 4 is 38.3 Å². The Labute approximate surface area is 145 Å². The first-order valence-corrected chi connectivity index (χ1v) is 7.89. The molecule has 0 aliphatic heterocycles. The fraction of sp³-hybridized carbons (Fsp3) is 0.0556. The molecule has 3 aromatic rings. The quantitative estimate of drug-likeness (QED) is 0.686. The van der Waals surface area contributed by atoms with E-state index in [0.29, 0.717) is 5.75 Å². The molecule has 0 saturated carbocycles. The SMILES string of the molecule is O=C(COc1ccc2ccccc2c1Br)Nc1cc(F)ccc1F. The number of carbonyl (C=O) groups excluding carboxylic acids is 1. The molecular weight excluding hydrogens is 380 g/mol. The van der Waals surface area contributed by atoms with E-state index < -0.39 is 17.5 Å². The van der Waals surface area contributed by atoms with Crippen LogP contribution in [0.4, 0.5) is 14.5 Å². The Morgan fingerprint density at radius 3 is 2.71 bits per heavy atom. The number of hydrogen-bond donors (Lipinski definition) is 1. The number of benzene rings is 3. The number of fused-ring (bicyclic) bond motifs is 1. The van der Waals surface area contributed by atoms with Gasteiger partial charge >= 0.3 is 0 Å². The molecule has 0 bridgehead atoms. The summed E-state index contributed by atoms with van der Waals surface area (Å²) in [6.45, 7) is -0.326. The van der Waals surface area contributed by atoms with Crippen LogP contribution in [-0.2, 0) is 4.79 Å². The number of nitrogens with one attached hydrogen (secondary N) is 1. The van der Waals surface area contributed by atoms with Crippen LogP contribution >= 0.6 is 15.9 Å². The van der Waals surface area contributed by atoms with Gasteiger partial charge in [0.1, 0.15) is 17.4 Å². The van der Waals surface area contributed by atoms with E-state index in [-0.39, 0.29) is 12.3 Å². The van der Waals surface area contributed by atoms with Crippen LogP contribution in [0.15, 0.2) is 59.1 Å². The van der Waals surface area contributed by atoms with Crippen LogP contribution in [-0.4, -0.2) is 12.5 Å². The molecule has 0 heterocycles. The van der Waals surface area contributed by atoms with Crippen molar-refractivity contribution in [2.45, 2.75) is 0 Å². The van der Waals surface area contributed by atoms with Crippen molar-refractivity contribution in [3.8, 4) is 5.75 Å². The molecule has 0 unspecified atom stereocenters. The third kappa shape index (κ3) is 3.54. The molecule has 0 saturated heterocycles. The number of ether oxygens (including phenoxy) is 1. The third-order valence-electron chi connectivity index (χ3n) is 3.39. The molecule has 3 rings (SSSR count). The highest BCUT2D eigenvalue weighted by Gasteiger charge is 2.11. The second-order valence-corrected chi connectivity index (χ2v) is 5.85. The first kappa shape index (κ1) is 16.4. The van der Waals surface area contributed by atoms with Gasteiger partial charge in [0, 0.05) is 6.07 Å². The van der Waals surface area contributed by atoms with Gasteiger partial charge in [-0.25, -0.2) is 8.78 Å². The second kappa shape index (κ2) is 6.97. The van der Waals surface area contributed by atoms with E-state index in [1.807, 2.05) is 30.3 Å². The van der Waals surface area contributed by atoms with E-state index in [1.54, 1.807) is 6.07 Å². The lowest BCUT2D eigenvalue weighted by Gasteiger charge is -2.11. The summed E-state index contributed by atoms with van der Waals surface area (Å²) in [4.78, 5) is 11.9. The number of anilines is 1. The van der Waals surface area contributed by atoms with Gasteiger partial charge in [0.15, 0.2) is 6.61 Å². The maximum absolute atomic E-state index is 13.5. The van der Waals surface area contributed by atoms with Crippen molar-refractivity contribution in [2.75, 3.05) is 11.9 Å². The molecule has 1 N–H and O–H groups in total. The predicted octanol–water partition coefficient (Wildman–Crippen LogP) is 4.90. The molecule has 3 nitrogen and oxygen atoms in total. The first-order chi connectivity index (χ1) is 11.5. The summed E-state index contributed by atoms with van der Waals surface area (Å²) < 4.78 is 32.8. The minimum atomic E-state index is -0.711. The third-order valence-corrected chi connectivity index (χ3v) is 4.21. The van der Waals surface area contributed by atoms with E-state index in [1.165, 1.54) is 0 Å². The Hall–Kier alpha value is -2.47. The zero-order chi connectivity index (χ0) is 17.1. The largest absolute Gasteiger partial charge is 0.483 e. The second-order valence-electron chi connectivity index (χ2n) is 5.06. The molecule has 0 fully saturated rings. The molecule has 0 spiro atoms. The monoisotopic (exact) mass is 391 g/mol. The summed E-state index contributed by atoms with van der Waals surface area (Å²) in [5.74, 6) is -1.44. The highest BCUT2D eigenvalue weighted by molar-refractivity contribution is 9.10. The molecule has 1 amide bonds. The van der Waals surface area contributed by atoms with Gasteiger partial charge < -0.3 is 10.1 Å². The van der Waals surface area contributed by atoms with E-state index in [9.17, 15) is 13.6 Å². The number of carbonyl (C=O) groups is 1. The minimum absolute atomic E-state index is 0.221. The highest BCUT2D eigenvalue weighted by Crippen LogP contribution is 2.33. The average molecular weight is 392 g/mol. The van der Waals surface area contributed by atoms with Crippen molar-refractivity contribution in [3.63, 3.8) is 0 Å². The van der Waals surface area contributed by atoms with Crippen LogP contribution < -0.4 is 10.1 Å².